The highest BCUT2D eigenvalue weighted by atomic mass is 16.2. The van der Waals surface area contributed by atoms with Crippen molar-refractivity contribution in [1.82, 2.24) is 19.6 Å². The van der Waals surface area contributed by atoms with Crippen LogP contribution in [-0.4, -0.2) is 83.3 Å². The molecular weight excluding hydrogens is 320 g/mol. The van der Waals surface area contributed by atoms with Gasteiger partial charge in [0.05, 0.1) is 0 Å². The zero-order valence-corrected chi connectivity index (χ0v) is 14.7. The second-order valence-electron chi connectivity index (χ2n) is 6.78. The number of hydrogen-bond acceptors (Lipinski definition) is 4. The molecule has 0 spiro atoms. The van der Waals surface area contributed by atoms with Crippen LogP contribution in [0.3, 0.4) is 0 Å². The summed E-state index contributed by atoms with van der Waals surface area (Å²) in [7, 11) is 1.57. The molecular formula is C18H24N4O3. The van der Waals surface area contributed by atoms with E-state index in [1.54, 1.807) is 11.9 Å². The molecule has 0 N–H and O–H groups in total. The Morgan fingerprint density at radius 3 is 2.48 bits per heavy atom. The summed E-state index contributed by atoms with van der Waals surface area (Å²) in [4.78, 5) is 42.8. The van der Waals surface area contributed by atoms with Gasteiger partial charge in [-0.2, -0.15) is 0 Å². The molecule has 0 unspecified atom stereocenters. The van der Waals surface area contributed by atoms with Crippen LogP contribution in [0.2, 0.25) is 0 Å². The first-order valence-electron chi connectivity index (χ1n) is 8.57. The molecule has 1 aromatic rings. The zero-order chi connectivity index (χ0) is 18.0. The van der Waals surface area contributed by atoms with Gasteiger partial charge in [-0.15, -0.1) is 0 Å². The average molecular weight is 344 g/mol. The lowest BCUT2D eigenvalue weighted by atomic mass is 10.1. The number of carbonyl (C=O) groups excluding carboxylic acids is 3. The Bertz CT molecular complexity index is 664. The van der Waals surface area contributed by atoms with Gasteiger partial charge >= 0.3 is 6.03 Å². The fourth-order valence-corrected chi connectivity index (χ4v) is 3.44. The third kappa shape index (κ3) is 3.82. The molecule has 0 aromatic heterocycles. The number of nitrogens with zero attached hydrogens (tertiary/aromatic N) is 4. The molecule has 4 amide bonds. The molecule has 1 aromatic carbocycles. The zero-order valence-electron chi connectivity index (χ0n) is 14.7. The summed E-state index contributed by atoms with van der Waals surface area (Å²) >= 11 is 0. The molecule has 7 heteroatoms. The molecule has 2 heterocycles. The molecule has 0 aliphatic carbocycles. The van der Waals surface area contributed by atoms with Gasteiger partial charge < -0.3 is 9.80 Å². The van der Waals surface area contributed by atoms with Gasteiger partial charge in [0.1, 0.15) is 13.1 Å². The fourth-order valence-electron chi connectivity index (χ4n) is 3.44. The van der Waals surface area contributed by atoms with Crippen LogP contribution in [0.5, 0.6) is 0 Å². The summed E-state index contributed by atoms with van der Waals surface area (Å²) in [6, 6.07) is 9.91. The first-order valence-corrected chi connectivity index (χ1v) is 8.57. The number of amides is 4. The minimum Gasteiger partial charge on any atom is -0.336 e. The number of likely N-dealkylation sites (N-methyl/N-ethyl adjacent to an activating group) is 1. The number of carbonyl (C=O) groups is 3. The van der Waals surface area contributed by atoms with Crippen molar-refractivity contribution in [2.75, 3.05) is 39.8 Å². The maximum Gasteiger partial charge on any atom is 0.327 e. The molecule has 25 heavy (non-hydrogen) atoms. The summed E-state index contributed by atoms with van der Waals surface area (Å²) < 4.78 is 0. The van der Waals surface area contributed by atoms with Crippen LogP contribution in [0.15, 0.2) is 30.3 Å². The summed E-state index contributed by atoms with van der Waals surface area (Å²) in [6.45, 7) is 4.93. The lowest BCUT2D eigenvalue weighted by molar-refractivity contribution is -0.140. The van der Waals surface area contributed by atoms with Crippen LogP contribution in [0, 0.1) is 0 Å². The predicted molar refractivity (Wildman–Crippen MR) is 92.6 cm³/mol. The third-order valence-corrected chi connectivity index (χ3v) is 4.81. The Kier molecular flexibility index (Phi) is 5.03. The van der Waals surface area contributed by atoms with Gasteiger partial charge in [-0.05, 0) is 12.5 Å². The standard InChI is InChI=1S/C18H24N4O3/c1-14-10-20(11-15-6-4-3-5-7-15)8-9-21(14)17(24)13-22-16(23)12-19(2)18(22)25/h3-7,14H,8-13H2,1-2H3/t14-/m1/s1. The molecule has 1 atom stereocenters. The van der Waals surface area contributed by atoms with Gasteiger partial charge in [-0.25, -0.2) is 4.79 Å². The second kappa shape index (κ2) is 7.23. The van der Waals surface area contributed by atoms with Crippen molar-refractivity contribution in [2.24, 2.45) is 0 Å². The summed E-state index contributed by atoms with van der Waals surface area (Å²) in [5.74, 6) is -0.472. The molecule has 0 radical (unpaired) electrons. The Morgan fingerprint density at radius 2 is 1.88 bits per heavy atom. The van der Waals surface area contributed by atoms with Crippen molar-refractivity contribution in [3.8, 4) is 0 Å². The highest BCUT2D eigenvalue weighted by Gasteiger charge is 2.37. The van der Waals surface area contributed by atoms with Crippen molar-refractivity contribution in [2.45, 2.75) is 19.5 Å². The molecule has 2 aliphatic rings. The Balaban J connectivity index is 1.55. The predicted octanol–water partition coefficient (Wildman–Crippen LogP) is 0.613. The summed E-state index contributed by atoms with van der Waals surface area (Å²) in [5.41, 5.74) is 1.26. The maximum absolute atomic E-state index is 12.6. The largest absolute Gasteiger partial charge is 0.336 e. The lowest BCUT2D eigenvalue weighted by Gasteiger charge is -2.40. The molecule has 7 nitrogen and oxygen atoms in total. The van der Waals surface area contributed by atoms with Crippen molar-refractivity contribution < 1.29 is 14.4 Å². The van der Waals surface area contributed by atoms with Gasteiger partial charge in [0, 0.05) is 39.3 Å². The highest BCUT2D eigenvalue weighted by Crippen LogP contribution is 2.15. The first kappa shape index (κ1) is 17.4. The van der Waals surface area contributed by atoms with E-state index in [0.29, 0.717) is 6.54 Å². The molecule has 0 bridgehead atoms. The molecule has 3 rings (SSSR count). The number of benzene rings is 1. The van der Waals surface area contributed by atoms with Crippen molar-refractivity contribution in [3.63, 3.8) is 0 Å². The maximum atomic E-state index is 12.6. The number of piperazine rings is 1. The molecule has 2 fully saturated rings. The first-order chi connectivity index (χ1) is 12.0. The second-order valence-corrected chi connectivity index (χ2v) is 6.78. The summed E-state index contributed by atoms with van der Waals surface area (Å²) in [6.07, 6.45) is 0. The lowest BCUT2D eigenvalue weighted by Crippen LogP contribution is -2.56. The fraction of sp³-hybridized carbons (Fsp3) is 0.500. The number of imide groups is 1. The van der Waals surface area contributed by atoms with Crippen LogP contribution in [0.4, 0.5) is 4.79 Å². The number of urea groups is 1. The highest BCUT2D eigenvalue weighted by molar-refractivity contribution is 6.04. The smallest absolute Gasteiger partial charge is 0.327 e. The van der Waals surface area contributed by atoms with E-state index in [9.17, 15) is 14.4 Å². The quantitative estimate of drug-likeness (QED) is 0.751. The summed E-state index contributed by atoms with van der Waals surface area (Å²) in [5, 5.41) is 0. The van der Waals surface area contributed by atoms with E-state index < -0.39 is 6.03 Å². The van der Waals surface area contributed by atoms with Crippen molar-refractivity contribution >= 4 is 17.8 Å². The van der Waals surface area contributed by atoms with E-state index in [0.717, 1.165) is 24.5 Å². The minimum absolute atomic E-state index is 0.0481. The average Bonchev–Trinajstić information content (AvgIpc) is 2.82. The van der Waals surface area contributed by atoms with E-state index in [2.05, 4.69) is 17.0 Å². The van der Waals surface area contributed by atoms with Crippen LogP contribution >= 0.6 is 0 Å². The topological polar surface area (TPSA) is 64.2 Å². The minimum atomic E-state index is -0.395. The molecule has 0 saturated carbocycles. The van der Waals surface area contributed by atoms with Gasteiger partial charge in [0.2, 0.25) is 5.91 Å². The van der Waals surface area contributed by atoms with Gasteiger partial charge in [0.25, 0.3) is 5.91 Å². The Hall–Kier alpha value is -2.41. The molecule has 2 saturated heterocycles. The molecule has 2 aliphatic heterocycles. The van der Waals surface area contributed by atoms with Crippen LogP contribution in [-0.2, 0) is 16.1 Å². The Labute approximate surface area is 147 Å². The van der Waals surface area contributed by atoms with E-state index >= 15 is 0 Å². The normalized spacial score (nSPS) is 22.0. The van der Waals surface area contributed by atoms with Crippen LogP contribution in [0.1, 0.15) is 12.5 Å². The SMILES string of the molecule is C[C@@H]1CN(Cc2ccccc2)CCN1C(=O)CN1C(=O)CN(C)C1=O. The van der Waals surface area contributed by atoms with Gasteiger partial charge in [-0.3, -0.25) is 19.4 Å². The number of hydrogen-bond donors (Lipinski definition) is 0. The van der Waals surface area contributed by atoms with Gasteiger partial charge in [0.15, 0.2) is 0 Å². The van der Waals surface area contributed by atoms with Crippen LogP contribution < -0.4 is 0 Å². The van der Waals surface area contributed by atoms with Crippen LogP contribution in [0.25, 0.3) is 0 Å². The monoisotopic (exact) mass is 344 g/mol. The third-order valence-electron chi connectivity index (χ3n) is 4.81. The van der Waals surface area contributed by atoms with E-state index in [1.807, 2.05) is 25.1 Å². The van der Waals surface area contributed by atoms with E-state index in [1.165, 1.54) is 10.5 Å². The number of rotatable bonds is 4. The molecule has 134 valence electrons. The van der Waals surface area contributed by atoms with Crippen molar-refractivity contribution in [1.29, 1.82) is 0 Å². The van der Waals surface area contributed by atoms with Crippen molar-refractivity contribution in [3.05, 3.63) is 35.9 Å². The van der Waals surface area contributed by atoms with E-state index in [-0.39, 0.29) is 30.9 Å². The Morgan fingerprint density at radius 1 is 1.16 bits per heavy atom. The van der Waals surface area contributed by atoms with E-state index in [4.69, 9.17) is 0 Å². The van der Waals surface area contributed by atoms with Gasteiger partial charge in [-0.1, -0.05) is 30.3 Å².